The average molecular weight is 383 g/mol. The molecule has 0 aromatic heterocycles. The van der Waals surface area contributed by atoms with Crippen LogP contribution in [0.15, 0.2) is 12.2 Å². The molecule has 0 fully saturated rings. The Balaban J connectivity index is 3.33. The third kappa shape index (κ3) is 21.3. The van der Waals surface area contributed by atoms with E-state index in [9.17, 15) is 9.90 Å². The number of aliphatic hydroxyl groups is 1. The van der Waals surface area contributed by atoms with E-state index in [0.717, 1.165) is 58.0 Å². The van der Waals surface area contributed by atoms with Crippen LogP contribution in [0.4, 0.5) is 0 Å². The van der Waals surface area contributed by atoms with Gasteiger partial charge in [0.1, 0.15) is 0 Å². The summed E-state index contributed by atoms with van der Waals surface area (Å²) in [6, 6.07) is 0. The highest BCUT2D eigenvalue weighted by Gasteiger charge is 2.01. The molecule has 0 aromatic carbocycles. The SMILES string of the molecule is CCCCCCC(O)C/C=C/CCCCCCCC(=O)NCCCN(C)C. The minimum absolute atomic E-state index is 0.160. The quantitative estimate of drug-likeness (QED) is 0.242. The van der Waals surface area contributed by atoms with E-state index < -0.39 is 0 Å². The van der Waals surface area contributed by atoms with Crippen molar-refractivity contribution in [2.75, 3.05) is 27.2 Å². The first-order valence-electron chi connectivity index (χ1n) is 11.3. The maximum Gasteiger partial charge on any atom is 0.219 e. The van der Waals surface area contributed by atoms with Crippen molar-refractivity contribution in [3.63, 3.8) is 0 Å². The van der Waals surface area contributed by atoms with Crippen LogP contribution in [0.3, 0.4) is 0 Å². The summed E-state index contributed by atoms with van der Waals surface area (Å²) in [4.78, 5) is 13.8. The van der Waals surface area contributed by atoms with Gasteiger partial charge in [-0.25, -0.2) is 0 Å². The van der Waals surface area contributed by atoms with E-state index in [0.29, 0.717) is 6.42 Å². The Kier molecular flexibility index (Phi) is 19.2. The van der Waals surface area contributed by atoms with Crippen LogP contribution in [0.2, 0.25) is 0 Å². The van der Waals surface area contributed by atoms with Crippen LogP contribution in [0.5, 0.6) is 0 Å². The normalized spacial score (nSPS) is 12.8. The standard InChI is InChI=1S/C23H46N2O2/c1-4-5-6-13-17-22(26)18-14-11-9-7-8-10-12-15-19-23(27)24-20-16-21-25(2)3/h11,14,22,26H,4-10,12-13,15-21H2,1-3H3,(H,24,27)/b14-11+. The second-order valence-electron chi connectivity index (χ2n) is 8.02. The molecule has 0 bridgehead atoms. The zero-order valence-electron chi connectivity index (χ0n) is 18.3. The van der Waals surface area contributed by atoms with Gasteiger partial charge in [0.2, 0.25) is 5.91 Å². The number of hydrogen-bond donors (Lipinski definition) is 2. The highest BCUT2D eigenvalue weighted by molar-refractivity contribution is 5.75. The summed E-state index contributed by atoms with van der Waals surface area (Å²) in [6.45, 7) is 4.02. The predicted molar refractivity (Wildman–Crippen MR) is 117 cm³/mol. The van der Waals surface area contributed by atoms with Crippen LogP contribution in [0, 0.1) is 0 Å². The summed E-state index contributed by atoms with van der Waals surface area (Å²) in [5.74, 6) is 0.199. The fourth-order valence-electron chi connectivity index (χ4n) is 3.09. The summed E-state index contributed by atoms with van der Waals surface area (Å²) in [7, 11) is 4.10. The van der Waals surface area contributed by atoms with Crippen molar-refractivity contribution in [2.45, 2.75) is 103 Å². The van der Waals surface area contributed by atoms with E-state index in [1.54, 1.807) is 0 Å². The van der Waals surface area contributed by atoms with Crippen molar-refractivity contribution in [3.05, 3.63) is 12.2 Å². The summed E-state index contributed by atoms with van der Waals surface area (Å²) in [5, 5.41) is 12.9. The first-order chi connectivity index (χ1) is 13.1. The molecule has 1 unspecified atom stereocenters. The van der Waals surface area contributed by atoms with E-state index in [2.05, 4.69) is 43.4 Å². The number of carbonyl (C=O) groups excluding carboxylic acids is 1. The molecule has 0 aliphatic rings. The Labute approximate surface area is 168 Å². The van der Waals surface area contributed by atoms with E-state index >= 15 is 0 Å². The van der Waals surface area contributed by atoms with Crippen molar-refractivity contribution >= 4 is 5.91 Å². The first kappa shape index (κ1) is 26.1. The zero-order valence-corrected chi connectivity index (χ0v) is 18.3. The third-order valence-electron chi connectivity index (χ3n) is 4.84. The van der Waals surface area contributed by atoms with Gasteiger partial charge in [-0.05, 0) is 59.2 Å². The molecule has 1 atom stereocenters. The average Bonchev–Trinajstić information content (AvgIpc) is 2.63. The number of hydrogen-bond acceptors (Lipinski definition) is 3. The Morgan fingerprint density at radius 3 is 2.41 bits per heavy atom. The summed E-state index contributed by atoms with van der Waals surface area (Å²) in [6.07, 6.45) is 19.4. The molecule has 27 heavy (non-hydrogen) atoms. The summed E-state index contributed by atoms with van der Waals surface area (Å²) in [5.41, 5.74) is 0. The van der Waals surface area contributed by atoms with Gasteiger partial charge in [-0.3, -0.25) is 4.79 Å². The van der Waals surface area contributed by atoms with Gasteiger partial charge in [0.25, 0.3) is 0 Å². The van der Waals surface area contributed by atoms with Gasteiger partial charge < -0.3 is 15.3 Å². The van der Waals surface area contributed by atoms with Gasteiger partial charge in [-0.1, -0.05) is 64.0 Å². The number of nitrogens with one attached hydrogen (secondary N) is 1. The maximum absolute atomic E-state index is 11.7. The Morgan fingerprint density at radius 2 is 1.67 bits per heavy atom. The largest absolute Gasteiger partial charge is 0.393 e. The van der Waals surface area contributed by atoms with Gasteiger partial charge in [0, 0.05) is 13.0 Å². The Bertz CT molecular complexity index is 356. The second-order valence-corrected chi connectivity index (χ2v) is 8.02. The molecule has 0 aliphatic heterocycles. The topological polar surface area (TPSA) is 52.6 Å². The van der Waals surface area contributed by atoms with E-state index in [-0.39, 0.29) is 12.0 Å². The van der Waals surface area contributed by atoms with Gasteiger partial charge in [0.15, 0.2) is 0 Å². The van der Waals surface area contributed by atoms with E-state index in [1.807, 2.05) is 0 Å². The van der Waals surface area contributed by atoms with Crippen LogP contribution in [0.25, 0.3) is 0 Å². The highest BCUT2D eigenvalue weighted by atomic mass is 16.3. The fraction of sp³-hybridized carbons (Fsp3) is 0.870. The molecule has 0 rings (SSSR count). The fourth-order valence-corrected chi connectivity index (χ4v) is 3.09. The minimum atomic E-state index is -0.160. The first-order valence-corrected chi connectivity index (χ1v) is 11.3. The van der Waals surface area contributed by atoms with Crippen molar-refractivity contribution in [1.29, 1.82) is 0 Å². The smallest absolute Gasteiger partial charge is 0.219 e. The highest BCUT2D eigenvalue weighted by Crippen LogP contribution is 2.10. The van der Waals surface area contributed by atoms with Crippen molar-refractivity contribution in [1.82, 2.24) is 10.2 Å². The van der Waals surface area contributed by atoms with Crippen LogP contribution in [-0.2, 0) is 4.79 Å². The molecule has 4 heteroatoms. The molecule has 0 spiro atoms. The van der Waals surface area contributed by atoms with Crippen LogP contribution >= 0.6 is 0 Å². The molecule has 4 nitrogen and oxygen atoms in total. The number of amides is 1. The molecule has 0 saturated heterocycles. The van der Waals surface area contributed by atoms with Gasteiger partial charge in [0.05, 0.1) is 6.10 Å². The Hall–Kier alpha value is -0.870. The number of rotatable bonds is 19. The molecule has 0 heterocycles. The molecule has 160 valence electrons. The number of aliphatic hydroxyl groups excluding tert-OH is 1. The van der Waals surface area contributed by atoms with Crippen molar-refractivity contribution < 1.29 is 9.90 Å². The van der Waals surface area contributed by atoms with E-state index in [1.165, 1.54) is 38.5 Å². The number of carbonyl (C=O) groups is 1. The Morgan fingerprint density at radius 1 is 0.963 bits per heavy atom. The molecular weight excluding hydrogens is 336 g/mol. The van der Waals surface area contributed by atoms with Gasteiger partial charge >= 0.3 is 0 Å². The molecule has 2 N–H and O–H groups in total. The molecule has 0 radical (unpaired) electrons. The number of allylic oxidation sites excluding steroid dienone is 1. The van der Waals surface area contributed by atoms with Crippen molar-refractivity contribution in [2.24, 2.45) is 0 Å². The monoisotopic (exact) mass is 382 g/mol. The van der Waals surface area contributed by atoms with Gasteiger partial charge in [-0.2, -0.15) is 0 Å². The molecular formula is C23H46N2O2. The molecule has 0 aromatic rings. The van der Waals surface area contributed by atoms with Crippen LogP contribution in [0.1, 0.15) is 96.8 Å². The lowest BCUT2D eigenvalue weighted by Gasteiger charge is -2.09. The summed E-state index contributed by atoms with van der Waals surface area (Å²) < 4.78 is 0. The lowest BCUT2D eigenvalue weighted by atomic mass is 10.1. The lowest BCUT2D eigenvalue weighted by Crippen LogP contribution is -2.26. The summed E-state index contributed by atoms with van der Waals surface area (Å²) >= 11 is 0. The number of unbranched alkanes of at least 4 members (excludes halogenated alkanes) is 8. The third-order valence-corrected chi connectivity index (χ3v) is 4.84. The number of nitrogens with zero attached hydrogens (tertiary/aromatic N) is 1. The maximum atomic E-state index is 11.7. The molecule has 0 aliphatic carbocycles. The second kappa shape index (κ2) is 19.9. The van der Waals surface area contributed by atoms with Gasteiger partial charge in [-0.15, -0.1) is 0 Å². The van der Waals surface area contributed by atoms with Crippen LogP contribution < -0.4 is 5.32 Å². The molecule has 0 saturated carbocycles. The molecule has 1 amide bonds. The van der Waals surface area contributed by atoms with Crippen molar-refractivity contribution in [3.8, 4) is 0 Å². The van der Waals surface area contributed by atoms with Crippen LogP contribution in [-0.4, -0.2) is 49.2 Å². The van der Waals surface area contributed by atoms with E-state index in [4.69, 9.17) is 0 Å². The predicted octanol–water partition coefficient (Wildman–Crippen LogP) is 5.06. The minimum Gasteiger partial charge on any atom is -0.393 e. The zero-order chi connectivity index (χ0) is 20.2. The lowest BCUT2D eigenvalue weighted by molar-refractivity contribution is -0.121.